The van der Waals surface area contributed by atoms with Gasteiger partial charge in [-0.15, -0.1) is 5.10 Å². The average Bonchev–Trinajstić information content (AvgIpc) is 3.03. The van der Waals surface area contributed by atoms with Gasteiger partial charge in [0.2, 0.25) is 0 Å². The number of carbonyl (C=O) groups is 1. The van der Waals surface area contributed by atoms with E-state index in [1.54, 1.807) is 36.2 Å². The van der Waals surface area contributed by atoms with E-state index in [-0.39, 0.29) is 11.5 Å². The van der Waals surface area contributed by atoms with Crippen LogP contribution in [0, 0.1) is 18.7 Å². The highest BCUT2D eigenvalue weighted by Gasteiger charge is 2.25. The van der Waals surface area contributed by atoms with Gasteiger partial charge in [0.1, 0.15) is 5.82 Å². The van der Waals surface area contributed by atoms with Crippen LogP contribution in [0.2, 0.25) is 0 Å². The quantitative estimate of drug-likeness (QED) is 0.874. The third kappa shape index (κ3) is 3.00. The Kier molecular flexibility index (Phi) is 4.18. The van der Waals surface area contributed by atoms with Crippen LogP contribution in [-0.2, 0) is 6.54 Å². The molecular formula is C16H19FN4O. The molecule has 1 aliphatic heterocycles. The molecule has 6 heteroatoms. The second kappa shape index (κ2) is 6.25. The fourth-order valence-corrected chi connectivity index (χ4v) is 2.90. The second-order valence-electron chi connectivity index (χ2n) is 5.80. The molecule has 1 aliphatic rings. The molecule has 0 saturated carbocycles. The molecule has 3 rings (SSSR count). The number of amides is 1. The summed E-state index contributed by atoms with van der Waals surface area (Å²) in [4.78, 5) is 14.2. The zero-order valence-corrected chi connectivity index (χ0v) is 12.6. The molecule has 0 unspecified atom stereocenters. The number of halogens is 1. The maximum absolute atomic E-state index is 14.1. The molecule has 2 aromatic rings. The van der Waals surface area contributed by atoms with Crippen molar-refractivity contribution in [3.8, 4) is 0 Å². The predicted molar refractivity (Wildman–Crippen MR) is 79.8 cm³/mol. The van der Waals surface area contributed by atoms with Crippen molar-refractivity contribution in [2.75, 3.05) is 13.1 Å². The average molecular weight is 302 g/mol. The molecule has 0 bridgehead atoms. The van der Waals surface area contributed by atoms with Crippen LogP contribution in [0.3, 0.4) is 0 Å². The number of aromatic nitrogens is 3. The van der Waals surface area contributed by atoms with E-state index in [4.69, 9.17) is 0 Å². The Morgan fingerprint density at radius 3 is 2.82 bits per heavy atom. The van der Waals surface area contributed by atoms with Gasteiger partial charge in [-0.2, -0.15) is 0 Å². The van der Waals surface area contributed by atoms with Crippen molar-refractivity contribution >= 4 is 5.91 Å². The summed E-state index contributed by atoms with van der Waals surface area (Å²) in [5.41, 5.74) is 0.682. The molecule has 0 atom stereocenters. The number of piperidine rings is 1. The Morgan fingerprint density at radius 2 is 2.14 bits per heavy atom. The van der Waals surface area contributed by atoms with Crippen LogP contribution in [0.15, 0.2) is 30.6 Å². The van der Waals surface area contributed by atoms with E-state index in [0.29, 0.717) is 24.6 Å². The molecule has 1 amide bonds. The van der Waals surface area contributed by atoms with Crippen molar-refractivity contribution < 1.29 is 9.18 Å². The maximum Gasteiger partial charge on any atom is 0.256 e. The van der Waals surface area contributed by atoms with E-state index >= 15 is 0 Å². The lowest BCUT2D eigenvalue weighted by Crippen LogP contribution is -2.39. The molecule has 22 heavy (non-hydrogen) atoms. The smallest absolute Gasteiger partial charge is 0.256 e. The highest BCUT2D eigenvalue weighted by Crippen LogP contribution is 2.22. The van der Waals surface area contributed by atoms with E-state index in [0.717, 1.165) is 19.4 Å². The van der Waals surface area contributed by atoms with E-state index in [9.17, 15) is 9.18 Å². The van der Waals surface area contributed by atoms with E-state index in [1.165, 1.54) is 0 Å². The van der Waals surface area contributed by atoms with Crippen LogP contribution in [-0.4, -0.2) is 38.9 Å². The van der Waals surface area contributed by atoms with Gasteiger partial charge < -0.3 is 4.90 Å². The fourth-order valence-electron chi connectivity index (χ4n) is 2.90. The summed E-state index contributed by atoms with van der Waals surface area (Å²) in [6.07, 6.45) is 5.32. The Bertz CT molecular complexity index is 648. The first-order chi connectivity index (χ1) is 10.6. The van der Waals surface area contributed by atoms with Gasteiger partial charge in [-0.1, -0.05) is 17.3 Å². The van der Waals surface area contributed by atoms with Gasteiger partial charge >= 0.3 is 0 Å². The molecule has 2 heterocycles. The third-order valence-corrected chi connectivity index (χ3v) is 4.24. The molecule has 1 aromatic heterocycles. The van der Waals surface area contributed by atoms with Gasteiger partial charge in [0, 0.05) is 25.8 Å². The summed E-state index contributed by atoms with van der Waals surface area (Å²) in [7, 11) is 0. The normalized spacial score (nSPS) is 16.0. The van der Waals surface area contributed by atoms with Crippen molar-refractivity contribution in [1.29, 1.82) is 0 Å². The molecule has 0 aliphatic carbocycles. The van der Waals surface area contributed by atoms with Crippen molar-refractivity contribution in [2.45, 2.75) is 26.3 Å². The minimum absolute atomic E-state index is 0.176. The van der Waals surface area contributed by atoms with Gasteiger partial charge in [-0.05, 0) is 37.3 Å². The van der Waals surface area contributed by atoms with E-state index in [1.807, 2.05) is 10.9 Å². The first-order valence-electron chi connectivity index (χ1n) is 7.53. The highest BCUT2D eigenvalue weighted by atomic mass is 19.1. The molecule has 0 radical (unpaired) electrons. The Labute approximate surface area is 128 Å². The zero-order valence-electron chi connectivity index (χ0n) is 12.6. The second-order valence-corrected chi connectivity index (χ2v) is 5.80. The SMILES string of the molecule is Cc1cccc(C(=O)N2CCC(Cn3ccnn3)CC2)c1F. The number of nitrogens with zero attached hydrogens (tertiary/aromatic N) is 4. The van der Waals surface area contributed by atoms with Gasteiger partial charge in [-0.25, -0.2) is 4.39 Å². The van der Waals surface area contributed by atoms with Gasteiger partial charge in [-0.3, -0.25) is 9.48 Å². The number of benzene rings is 1. The van der Waals surface area contributed by atoms with Crippen molar-refractivity contribution in [3.05, 3.63) is 47.5 Å². The highest BCUT2D eigenvalue weighted by molar-refractivity contribution is 5.94. The lowest BCUT2D eigenvalue weighted by molar-refractivity contribution is 0.0676. The summed E-state index contributed by atoms with van der Waals surface area (Å²) in [5, 5.41) is 7.77. The molecular weight excluding hydrogens is 283 g/mol. The fraction of sp³-hybridized carbons (Fsp3) is 0.438. The van der Waals surface area contributed by atoms with Gasteiger partial charge in [0.05, 0.1) is 11.8 Å². The summed E-state index contributed by atoms with van der Waals surface area (Å²) >= 11 is 0. The molecule has 0 N–H and O–H groups in total. The van der Waals surface area contributed by atoms with Crippen LogP contribution >= 0.6 is 0 Å². The Morgan fingerprint density at radius 1 is 1.36 bits per heavy atom. The first-order valence-corrected chi connectivity index (χ1v) is 7.53. The molecule has 1 aromatic carbocycles. The number of rotatable bonds is 3. The number of hydrogen-bond donors (Lipinski definition) is 0. The molecule has 5 nitrogen and oxygen atoms in total. The number of aryl methyl sites for hydroxylation is 1. The summed E-state index contributed by atoms with van der Waals surface area (Å²) < 4.78 is 15.9. The maximum atomic E-state index is 14.1. The van der Waals surface area contributed by atoms with Crippen molar-refractivity contribution in [3.63, 3.8) is 0 Å². The van der Waals surface area contributed by atoms with Crippen LogP contribution in [0.4, 0.5) is 4.39 Å². The van der Waals surface area contributed by atoms with Gasteiger partial charge in [0.25, 0.3) is 5.91 Å². The third-order valence-electron chi connectivity index (χ3n) is 4.24. The topological polar surface area (TPSA) is 51.0 Å². The van der Waals surface area contributed by atoms with Gasteiger partial charge in [0.15, 0.2) is 0 Å². The lowest BCUT2D eigenvalue weighted by Gasteiger charge is -2.32. The molecule has 1 fully saturated rings. The summed E-state index contributed by atoms with van der Waals surface area (Å²) in [5.74, 6) is -0.134. The van der Waals surface area contributed by atoms with Crippen LogP contribution in [0.1, 0.15) is 28.8 Å². The van der Waals surface area contributed by atoms with Crippen LogP contribution in [0.5, 0.6) is 0 Å². The largest absolute Gasteiger partial charge is 0.339 e. The summed E-state index contributed by atoms with van der Waals surface area (Å²) in [6.45, 7) is 3.81. The molecule has 116 valence electrons. The number of hydrogen-bond acceptors (Lipinski definition) is 3. The van der Waals surface area contributed by atoms with E-state index < -0.39 is 5.82 Å². The molecule has 0 spiro atoms. The minimum Gasteiger partial charge on any atom is -0.339 e. The standard InChI is InChI=1S/C16H19FN4O/c1-12-3-2-4-14(15(12)17)16(22)20-8-5-13(6-9-20)11-21-10-7-18-19-21/h2-4,7,10,13H,5-6,8-9,11H2,1H3. The Hall–Kier alpha value is -2.24. The van der Waals surface area contributed by atoms with Crippen molar-refractivity contribution in [2.24, 2.45) is 5.92 Å². The minimum atomic E-state index is -0.405. The monoisotopic (exact) mass is 302 g/mol. The van der Waals surface area contributed by atoms with Crippen LogP contribution in [0.25, 0.3) is 0 Å². The first kappa shape index (κ1) is 14.7. The summed E-state index contributed by atoms with van der Waals surface area (Å²) in [6, 6.07) is 4.96. The Balaban J connectivity index is 1.61. The lowest BCUT2D eigenvalue weighted by atomic mass is 9.96. The number of carbonyl (C=O) groups excluding carboxylic acids is 1. The predicted octanol–water partition coefficient (Wildman–Crippen LogP) is 2.28. The zero-order chi connectivity index (χ0) is 15.5. The molecule has 1 saturated heterocycles. The van der Waals surface area contributed by atoms with E-state index in [2.05, 4.69) is 10.3 Å². The number of likely N-dealkylation sites (tertiary alicyclic amines) is 1. The van der Waals surface area contributed by atoms with Crippen molar-refractivity contribution in [1.82, 2.24) is 19.9 Å². The van der Waals surface area contributed by atoms with Crippen LogP contribution < -0.4 is 0 Å².